The maximum atomic E-state index is 5.09. The molecule has 0 amide bonds. The summed E-state index contributed by atoms with van der Waals surface area (Å²) in [5.41, 5.74) is 8.98. The van der Waals surface area contributed by atoms with Gasteiger partial charge in [-0.3, -0.25) is 0 Å². The topological polar surface area (TPSA) is 43.6 Å². The van der Waals surface area contributed by atoms with Crippen LogP contribution in [0.5, 0.6) is 0 Å². The van der Waals surface area contributed by atoms with Gasteiger partial charge in [-0.1, -0.05) is 133 Å². The number of hydrogen-bond donors (Lipinski definition) is 0. The molecule has 0 N–H and O–H groups in total. The summed E-state index contributed by atoms with van der Waals surface area (Å²) in [5, 5.41) is 9.84. The second-order valence-corrected chi connectivity index (χ2v) is 13.4. The molecule has 0 aliphatic carbocycles. The minimum atomic E-state index is 0.651. The molecule has 2 heterocycles. The van der Waals surface area contributed by atoms with E-state index in [2.05, 4.69) is 140 Å². The van der Waals surface area contributed by atoms with Crippen molar-refractivity contribution in [1.29, 1.82) is 0 Å². The van der Waals surface area contributed by atoms with Gasteiger partial charge < -0.3 is 4.57 Å². The van der Waals surface area contributed by atoms with Crippen molar-refractivity contribution < 1.29 is 0 Å². The normalized spacial score (nSPS) is 11.7. The highest BCUT2D eigenvalue weighted by atomic mass is 15.0. The third-order valence-corrected chi connectivity index (χ3v) is 10.3. The van der Waals surface area contributed by atoms with E-state index in [9.17, 15) is 0 Å². The van der Waals surface area contributed by atoms with Gasteiger partial charge in [-0.2, -0.15) is 0 Å². The van der Waals surface area contributed by atoms with Crippen LogP contribution in [0.2, 0.25) is 0 Å². The Morgan fingerprint density at radius 3 is 1.47 bits per heavy atom. The average molecular weight is 653 g/mol. The van der Waals surface area contributed by atoms with E-state index < -0.39 is 0 Å². The van der Waals surface area contributed by atoms with Gasteiger partial charge in [-0.05, 0) is 76.2 Å². The van der Waals surface area contributed by atoms with Crippen LogP contribution in [0.3, 0.4) is 0 Å². The minimum Gasteiger partial charge on any atom is -0.309 e. The quantitative estimate of drug-likeness (QED) is 0.178. The van der Waals surface area contributed by atoms with E-state index in [-0.39, 0.29) is 0 Å². The van der Waals surface area contributed by atoms with Crippen LogP contribution >= 0.6 is 0 Å². The van der Waals surface area contributed by atoms with Crippen LogP contribution < -0.4 is 0 Å². The summed E-state index contributed by atoms with van der Waals surface area (Å²) in [4.78, 5) is 15.1. The van der Waals surface area contributed by atoms with E-state index in [4.69, 9.17) is 15.0 Å². The fourth-order valence-corrected chi connectivity index (χ4v) is 7.72. The Bertz CT molecular complexity index is 2910. The van der Waals surface area contributed by atoms with Gasteiger partial charge in [0.2, 0.25) is 0 Å². The molecule has 8 aromatic carbocycles. The molecule has 10 aromatic rings. The molecule has 0 fully saturated rings. The van der Waals surface area contributed by atoms with Crippen molar-refractivity contribution in [1.82, 2.24) is 19.5 Å². The van der Waals surface area contributed by atoms with Gasteiger partial charge in [0.15, 0.2) is 17.5 Å². The van der Waals surface area contributed by atoms with Gasteiger partial charge in [-0.25, -0.2) is 15.0 Å². The second-order valence-electron chi connectivity index (χ2n) is 13.4. The number of aromatic nitrogens is 4. The molecule has 51 heavy (non-hydrogen) atoms. The van der Waals surface area contributed by atoms with Gasteiger partial charge in [-0.15, -0.1) is 0 Å². The van der Waals surface area contributed by atoms with Crippen LogP contribution in [0.1, 0.15) is 11.1 Å². The Morgan fingerprint density at radius 1 is 0.373 bits per heavy atom. The van der Waals surface area contributed by atoms with Crippen molar-refractivity contribution >= 4 is 54.1 Å². The maximum absolute atomic E-state index is 5.09. The molecule has 10 rings (SSSR count). The Morgan fingerprint density at radius 2 is 0.843 bits per heavy atom. The zero-order chi connectivity index (χ0) is 34.1. The van der Waals surface area contributed by atoms with Gasteiger partial charge in [0, 0.05) is 38.5 Å². The molecule has 4 heteroatoms. The molecule has 0 aliphatic rings. The van der Waals surface area contributed by atoms with Crippen LogP contribution in [0.15, 0.2) is 158 Å². The van der Waals surface area contributed by atoms with Crippen LogP contribution in [0.4, 0.5) is 0 Å². The molecule has 0 aliphatic heterocycles. The van der Waals surface area contributed by atoms with Crippen LogP contribution in [-0.2, 0) is 0 Å². The van der Waals surface area contributed by atoms with Crippen molar-refractivity contribution in [2.45, 2.75) is 13.8 Å². The van der Waals surface area contributed by atoms with Gasteiger partial charge in [0.25, 0.3) is 0 Å². The molecule has 240 valence electrons. The first-order valence-electron chi connectivity index (χ1n) is 17.4. The lowest BCUT2D eigenvalue weighted by Crippen LogP contribution is -2.00. The second kappa shape index (κ2) is 11.5. The molecule has 0 unspecified atom stereocenters. The summed E-state index contributed by atoms with van der Waals surface area (Å²) in [5.74, 6) is 1.96. The Hall–Kier alpha value is -6.65. The first kappa shape index (κ1) is 29.3. The average Bonchev–Trinajstić information content (AvgIpc) is 3.54. The monoisotopic (exact) mass is 652 g/mol. The Kier molecular flexibility index (Phi) is 6.58. The maximum Gasteiger partial charge on any atom is 0.164 e. The number of hydrogen-bond acceptors (Lipinski definition) is 3. The van der Waals surface area contributed by atoms with Crippen molar-refractivity contribution in [3.05, 3.63) is 169 Å². The number of nitrogens with zero attached hydrogens (tertiary/aromatic N) is 4. The summed E-state index contributed by atoms with van der Waals surface area (Å²) >= 11 is 0. The van der Waals surface area contributed by atoms with Crippen molar-refractivity contribution in [2.75, 3.05) is 0 Å². The molecule has 0 atom stereocenters. The predicted molar refractivity (Wildman–Crippen MR) is 212 cm³/mol. The van der Waals surface area contributed by atoms with Crippen molar-refractivity contribution in [3.63, 3.8) is 0 Å². The number of benzene rings is 8. The standard InChI is InChI=1S/C47H32N4/c1-29-26-39-37-24-25-38-35-20-12-13-21-42(35)51(34-18-10-5-11-19-34)44(38)43(37)36-23-22-33(28-41(36)40(39)27-30(29)2)47-49-45(31-14-6-3-7-15-31)48-46(50-47)32-16-8-4-9-17-32/h3-28H,1-2H3. The first-order chi connectivity index (χ1) is 25.1. The minimum absolute atomic E-state index is 0.651. The lowest BCUT2D eigenvalue weighted by atomic mass is 9.90. The van der Waals surface area contributed by atoms with Gasteiger partial charge >= 0.3 is 0 Å². The molecule has 0 saturated carbocycles. The molecule has 4 nitrogen and oxygen atoms in total. The lowest BCUT2D eigenvalue weighted by Gasteiger charge is -2.16. The largest absolute Gasteiger partial charge is 0.309 e. The van der Waals surface area contributed by atoms with Crippen molar-refractivity contribution in [3.8, 4) is 39.9 Å². The number of aryl methyl sites for hydroxylation is 2. The zero-order valence-electron chi connectivity index (χ0n) is 28.3. The van der Waals surface area contributed by atoms with Gasteiger partial charge in [0.1, 0.15) is 0 Å². The van der Waals surface area contributed by atoms with Gasteiger partial charge in [0.05, 0.1) is 11.0 Å². The van der Waals surface area contributed by atoms with E-state index in [1.54, 1.807) is 0 Å². The fourth-order valence-electron chi connectivity index (χ4n) is 7.72. The van der Waals surface area contributed by atoms with E-state index in [0.717, 1.165) is 22.4 Å². The molecule has 0 bridgehead atoms. The summed E-state index contributed by atoms with van der Waals surface area (Å²) in [6.45, 7) is 4.41. The summed E-state index contributed by atoms with van der Waals surface area (Å²) in [7, 11) is 0. The summed E-state index contributed by atoms with van der Waals surface area (Å²) < 4.78 is 2.44. The number of rotatable bonds is 4. The zero-order valence-corrected chi connectivity index (χ0v) is 28.3. The molecule has 0 spiro atoms. The molecule has 0 radical (unpaired) electrons. The van der Waals surface area contributed by atoms with E-state index in [1.165, 1.54) is 65.3 Å². The Balaban J connectivity index is 1.33. The highest BCUT2D eigenvalue weighted by Gasteiger charge is 2.20. The smallest absolute Gasteiger partial charge is 0.164 e. The van der Waals surface area contributed by atoms with Crippen LogP contribution in [0.25, 0.3) is 94.0 Å². The van der Waals surface area contributed by atoms with Crippen LogP contribution in [-0.4, -0.2) is 19.5 Å². The number of para-hydroxylation sites is 2. The predicted octanol–water partition coefficient (Wildman–Crippen LogP) is 12.0. The van der Waals surface area contributed by atoms with E-state index in [1.807, 2.05) is 36.4 Å². The SMILES string of the molecule is Cc1cc2c3cc(-c4nc(-c5ccccc5)nc(-c5ccccc5)n4)ccc3c3c(ccc4c5ccccc5n(-c5ccccc5)c43)c2cc1C. The molecular weight excluding hydrogens is 621 g/mol. The summed E-state index contributed by atoms with van der Waals surface area (Å²) in [6.07, 6.45) is 0. The fraction of sp³-hybridized carbons (Fsp3) is 0.0426. The summed E-state index contributed by atoms with van der Waals surface area (Å²) in [6, 6.07) is 55.9. The first-order valence-corrected chi connectivity index (χ1v) is 17.4. The van der Waals surface area contributed by atoms with E-state index >= 15 is 0 Å². The van der Waals surface area contributed by atoms with E-state index in [0.29, 0.717) is 17.5 Å². The highest BCUT2D eigenvalue weighted by molar-refractivity contribution is 6.33. The van der Waals surface area contributed by atoms with Crippen molar-refractivity contribution in [2.24, 2.45) is 0 Å². The van der Waals surface area contributed by atoms with Crippen LogP contribution in [0, 0.1) is 13.8 Å². The third-order valence-electron chi connectivity index (χ3n) is 10.3. The molecular formula is C47H32N4. The Labute approximate surface area is 295 Å². The molecule has 2 aromatic heterocycles. The lowest BCUT2D eigenvalue weighted by molar-refractivity contribution is 1.07. The number of fused-ring (bicyclic) bond motifs is 10. The third kappa shape index (κ3) is 4.64. The molecule has 0 saturated heterocycles. The highest BCUT2D eigenvalue weighted by Crippen LogP contribution is 2.44.